The molecule has 0 saturated heterocycles. The van der Waals surface area contributed by atoms with Crippen molar-refractivity contribution in [2.75, 3.05) is 7.11 Å². The van der Waals surface area contributed by atoms with E-state index in [1.165, 1.54) is 0 Å². The monoisotopic (exact) mass is 489 g/mol. The third-order valence-electron chi connectivity index (χ3n) is 6.37. The van der Waals surface area contributed by atoms with Crippen molar-refractivity contribution in [3.8, 4) is 5.75 Å². The smallest absolute Gasteiger partial charge is 0.244 e. The Labute approximate surface area is 213 Å². The molecule has 0 amide bonds. The largest absolute Gasteiger partial charge is 0.497 e. The Morgan fingerprint density at radius 2 is 1.51 bits per heavy atom. The molecule has 0 saturated carbocycles. The van der Waals surface area contributed by atoms with E-state index in [9.17, 15) is 4.79 Å². The molecule has 0 aliphatic rings. The van der Waals surface area contributed by atoms with Crippen LogP contribution in [0.3, 0.4) is 0 Å². The van der Waals surface area contributed by atoms with Crippen LogP contribution in [0.4, 0.5) is 0 Å². The van der Waals surface area contributed by atoms with Gasteiger partial charge in [-0.3, -0.25) is 4.79 Å². The third-order valence-corrected chi connectivity index (χ3v) is 6.37. The molecule has 0 bridgehead atoms. The van der Waals surface area contributed by atoms with E-state index in [2.05, 4.69) is 6.08 Å². The Morgan fingerprint density at radius 3 is 2.11 bits per heavy atom. The van der Waals surface area contributed by atoms with E-state index in [0.717, 1.165) is 44.8 Å². The number of ketones is 1. The number of ether oxygens (including phenoxy) is 1. The molecule has 0 radical (unpaired) electrons. The molecular weight excluding hydrogens is 464 g/mol. The minimum Gasteiger partial charge on any atom is -0.497 e. The number of fused-ring (bicyclic) bond motifs is 2. The van der Waals surface area contributed by atoms with Crippen molar-refractivity contribution >= 4 is 33.3 Å². The fourth-order valence-electron chi connectivity index (χ4n) is 4.42. The van der Waals surface area contributed by atoms with Gasteiger partial charge in [0.15, 0.2) is 6.54 Å². The number of Topliss-reactive ketones (excluding diaryl/α,β-unsaturated/α-hetero) is 1. The van der Waals surface area contributed by atoms with Gasteiger partial charge in [0.25, 0.3) is 0 Å². The van der Waals surface area contributed by atoms with Crippen molar-refractivity contribution in [3.05, 3.63) is 127 Å². The van der Waals surface area contributed by atoms with Crippen molar-refractivity contribution in [2.45, 2.75) is 13.1 Å². The van der Waals surface area contributed by atoms with E-state index in [4.69, 9.17) is 13.6 Å². The van der Waals surface area contributed by atoms with Gasteiger partial charge in [-0.05, 0) is 54.6 Å². The summed E-state index contributed by atoms with van der Waals surface area (Å²) in [6.45, 7) is 0.830. The van der Waals surface area contributed by atoms with Gasteiger partial charge in [-0.25, -0.2) is 9.13 Å². The van der Waals surface area contributed by atoms with Crippen LogP contribution in [-0.4, -0.2) is 17.5 Å². The van der Waals surface area contributed by atoms with Gasteiger partial charge >= 0.3 is 0 Å². The zero-order valence-electron chi connectivity index (χ0n) is 20.3. The second kappa shape index (κ2) is 9.66. The molecule has 0 aliphatic heterocycles. The molecular formula is C31H25N2O4+. The molecule has 0 N–H and O–H groups in total. The van der Waals surface area contributed by atoms with Crippen molar-refractivity contribution in [1.29, 1.82) is 0 Å². The van der Waals surface area contributed by atoms with Crippen molar-refractivity contribution in [2.24, 2.45) is 0 Å². The Bertz CT molecular complexity index is 1590. The summed E-state index contributed by atoms with van der Waals surface area (Å²) < 4.78 is 21.5. The summed E-state index contributed by atoms with van der Waals surface area (Å²) in [7, 11) is 1.61. The summed E-state index contributed by atoms with van der Waals surface area (Å²) in [5, 5.41) is 2.07. The lowest BCUT2D eigenvalue weighted by atomic mass is 10.1. The SMILES string of the molecule is COc1ccc(C(=O)C[n+]2ccn(CC=C(c3cc4ccccc4o3)c3cc4ccccc4o3)c2)cc1. The molecule has 0 spiro atoms. The molecule has 6 heteroatoms. The Kier molecular flexibility index (Phi) is 5.91. The van der Waals surface area contributed by atoms with Crippen LogP contribution in [-0.2, 0) is 13.1 Å². The van der Waals surface area contributed by atoms with Crippen LogP contribution in [0.25, 0.3) is 27.5 Å². The highest BCUT2D eigenvalue weighted by atomic mass is 16.5. The molecule has 6 rings (SSSR count). The second-order valence-corrected chi connectivity index (χ2v) is 8.85. The van der Waals surface area contributed by atoms with Crippen LogP contribution >= 0.6 is 0 Å². The first-order valence-corrected chi connectivity index (χ1v) is 12.1. The van der Waals surface area contributed by atoms with Crippen LogP contribution in [0, 0.1) is 0 Å². The minimum atomic E-state index is 0.0335. The van der Waals surface area contributed by atoms with Gasteiger partial charge in [0.1, 0.15) is 47.4 Å². The number of allylic oxidation sites excluding steroid dienone is 1. The molecule has 3 aromatic heterocycles. The highest BCUT2D eigenvalue weighted by molar-refractivity contribution is 5.95. The normalized spacial score (nSPS) is 11.2. The van der Waals surface area contributed by atoms with Gasteiger partial charge in [0, 0.05) is 16.3 Å². The summed E-state index contributed by atoms with van der Waals surface area (Å²) in [6, 6.07) is 27.2. The van der Waals surface area contributed by atoms with E-state index >= 15 is 0 Å². The standard InChI is InChI=1S/C31H25N2O4/c1-35-25-12-10-22(11-13-25)27(34)20-33-17-16-32(21-33)15-14-26(30-18-23-6-2-4-8-28(23)36-30)31-19-24-7-3-5-9-29(24)37-31/h2-14,16-19,21H,15,20H2,1H3/q+1. The molecule has 6 nitrogen and oxygen atoms in total. The number of aromatic nitrogens is 2. The predicted octanol–water partition coefficient (Wildman–Crippen LogP) is 6.29. The first kappa shape index (κ1) is 22.6. The van der Waals surface area contributed by atoms with Crippen LogP contribution in [0.15, 0.2) is 119 Å². The number of benzene rings is 3. The number of hydrogen-bond donors (Lipinski definition) is 0. The molecule has 3 aromatic carbocycles. The lowest BCUT2D eigenvalue weighted by Crippen LogP contribution is -2.35. The highest BCUT2D eigenvalue weighted by Crippen LogP contribution is 2.32. The van der Waals surface area contributed by atoms with E-state index in [-0.39, 0.29) is 12.3 Å². The highest BCUT2D eigenvalue weighted by Gasteiger charge is 2.17. The molecule has 182 valence electrons. The van der Waals surface area contributed by atoms with Crippen LogP contribution in [0.1, 0.15) is 21.9 Å². The Balaban J connectivity index is 1.27. The van der Waals surface area contributed by atoms with Crippen molar-refractivity contribution in [1.82, 2.24) is 4.57 Å². The van der Waals surface area contributed by atoms with Crippen LogP contribution < -0.4 is 9.30 Å². The number of furan rings is 2. The zero-order chi connectivity index (χ0) is 25.2. The number of hydrogen-bond acceptors (Lipinski definition) is 4. The first-order valence-electron chi connectivity index (χ1n) is 12.1. The molecule has 0 atom stereocenters. The van der Waals surface area contributed by atoms with Gasteiger partial charge in [0.2, 0.25) is 12.1 Å². The fraction of sp³-hybridized carbons (Fsp3) is 0.0968. The summed E-state index contributed by atoms with van der Waals surface area (Å²) in [6.07, 6.45) is 7.86. The lowest BCUT2D eigenvalue weighted by molar-refractivity contribution is -0.682. The maximum absolute atomic E-state index is 12.7. The number of methoxy groups -OCH3 is 1. The molecule has 6 aromatic rings. The summed E-state index contributed by atoms with van der Waals surface area (Å²) in [5.41, 5.74) is 3.19. The topological polar surface area (TPSA) is 61.4 Å². The number of imidazole rings is 1. The van der Waals surface area contributed by atoms with Gasteiger partial charge in [-0.1, -0.05) is 36.4 Å². The number of nitrogens with zero attached hydrogens (tertiary/aromatic N) is 2. The molecule has 3 heterocycles. The van der Waals surface area contributed by atoms with E-state index in [1.54, 1.807) is 31.4 Å². The van der Waals surface area contributed by atoms with Gasteiger partial charge in [-0.2, -0.15) is 0 Å². The summed E-state index contributed by atoms with van der Waals surface area (Å²) in [5.74, 6) is 2.25. The quantitative estimate of drug-likeness (QED) is 0.186. The predicted molar refractivity (Wildman–Crippen MR) is 141 cm³/mol. The maximum Gasteiger partial charge on any atom is 0.244 e. The molecule has 0 unspecified atom stereocenters. The van der Waals surface area contributed by atoms with Crippen LogP contribution in [0.5, 0.6) is 5.75 Å². The van der Waals surface area contributed by atoms with Gasteiger partial charge < -0.3 is 13.6 Å². The van der Waals surface area contributed by atoms with E-state index < -0.39 is 0 Å². The Hall–Kier alpha value is -4.84. The van der Waals surface area contributed by atoms with Crippen LogP contribution in [0.2, 0.25) is 0 Å². The molecule has 0 fully saturated rings. The average Bonchev–Trinajstić information content (AvgIpc) is 3.67. The Morgan fingerprint density at radius 1 is 0.892 bits per heavy atom. The minimum absolute atomic E-state index is 0.0335. The number of para-hydroxylation sites is 2. The average molecular weight is 490 g/mol. The fourth-order valence-corrected chi connectivity index (χ4v) is 4.42. The van der Waals surface area contributed by atoms with Crippen molar-refractivity contribution < 1.29 is 22.9 Å². The van der Waals surface area contributed by atoms with E-state index in [0.29, 0.717) is 12.1 Å². The molecule has 0 aliphatic carbocycles. The lowest BCUT2D eigenvalue weighted by Gasteiger charge is -2.02. The summed E-state index contributed by atoms with van der Waals surface area (Å²) >= 11 is 0. The third kappa shape index (κ3) is 4.69. The van der Waals surface area contributed by atoms with Gasteiger partial charge in [-0.15, -0.1) is 0 Å². The maximum atomic E-state index is 12.7. The zero-order valence-corrected chi connectivity index (χ0v) is 20.3. The number of rotatable bonds is 8. The number of carbonyl (C=O) groups is 1. The molecule has 37 heavy (non-hydrogen) atoms. The van der Waals surface area contributed by atoms with Gasteiger partial charge in [0.05, 0.1) is 12.7 Å². The van der Waals surface area contributed by atoms with Crippen molar-refractivity contribution in [3.63, 3.8) is 0 Å². The van der Waals surface area contributed by atoms with E-state index in [1.807, 2.05) is 88.5 Å². The summed E-state index contributed by atoms with van der Waals surface area (Å²) in [4.78, 5) is 12.7. The number of carbonyl (C=O) groups excluding carboxylic acids is 1. The first-order chi connectivity index (χ1) is 18.2. The second-order valence-electron chi connectivity index (χ2n) is 8.85.